The van der Waals surface area contributed by atoms with Crippen molar-refractivity contribution >= 4 is 23.4 Å². The monoisotopic (exact) mass is 402 g/mol. The summed E-state index contributed by atoms with van der Waals surface area (Å²) in [6.07, 6.45) is 0. The van der Waals surface area contributed by atoms with Crippen molar-refractivity contribution in [1.82, 2.24) is 19.7 Å². The van der Waals surface area contributed by atoms with Crippen molar-refractivity contribution in [3.05, 3.63) is 65.4 Å². The summed E-state index contributed by atoms with van der Waals surface area (Å²) in [6.45, 7) is 2.71. The van der Waals surface area contributed by atoms with Crippen molar-refractivity contribution in [3.63, 3.8) is 0 Å². The topological polar surface area (TPSA) is 43.2 Å². The molecule has 1 unspecified atom stereocenters. The van der Waals surface area contributed by atoms with Crippen LogP contribution in [0.2, 0.25) is 5.02 Å². The van der Waals surface area contributed by atoms with Gasteiger partial charge in [-0.05, 0) is 57.4 Å². The predicted octanol–water partition coefficient (Wildman–Crippen LogP) is 4.71. The molecule has 7 heteroatoms. The van der Waals surface area contributed by atoms with Gasteiger partial charge >= 0.3 is 0 Å². The van der Waals surface area contributed by atoms with Gasteiger partial charge in [-0.3, -0.25) is 9.47 Å². The van der Waals surface area contributed by atoms with Gasteiger partial charge in [0.2, 0.25) is 0 Å². The standard InChI is InChI=1S/C20H23ClN4OS/c1-15(24(2)3)19-22-23-20(25(19)17-11-9-16(21)10-12-17)27-14-13-26-18-7-5-4-6-8-18/h4-12,15H,13-14H2,1-3H3. The Hall–Kier alpha value is -2.02. The highest BCUT2D eigenvalue weighted by atomic mass is 35.5. The molecule has 0 N–H and O–H groups in total. The van der Waals surface area contributed by atoms with E-state index < -0.39 is 0 Å². The van der Waals surface area contributed by atoms with E-state index >= 15 is 0 Å². The Morgan fingerprint density at radius 2 is 1.78 bits per heavy atom. The van der Waals surface area contributed by atoms with Crippen LogP contribution in [0.15, 0.2) is 59.8 Å². The summed E-state index contributed by atoms with van der Waals surface area (Å²) in [4.78, 5) is 2.11. The highest BCUT2D eigenvalue weighted by Gasteiger charge is 2.20. The average Bonchev–Trinajstić information content (AvgIpc) is 3.09. The number of halogens is 1. The van der Waals surface area contributed by atoms with Crippen LogP contribution < -0.4 is 4.74 Å². The molecular weight excluding hydrogens is 380 g/mol. The maximum absolute atomic E-state index is 6.06. The Morgan fingerprint density at radius 1 is 1.07 bits per heavy atom. The number of rotatable bonds is 8. The fourth-order valence-corrected chi connectivity index (χ4v) is 3.42. The number of hydrogen-bond donors (Lipinski definition) is 0. The van der Waals surface area contributed by atoms with Crippen molar-refractivity contribution < 1.29 is 4.74 Å². The molecule has 1 aromatic heterocycles. The highest BCUT2D eigenvalue weighted by Crippen LogP contribution is 2.27. The molecule has 0 saturated heterocycles. The van der Waals surface area contributed by atoms with Crippen LogP contribution in [0.1, 0.15) is 18.8 Å². The minimum atomic E-state index is 0.128. The third-order valence-corrected chi connectivity index (χ3v) is 5.36. The second kappa shape index (κ2) is 9.26. The van der Waals surface area contributed by atoms with Gasteiger partial charge in [-0.15, -0.1) is 10.2 Å². The summed E-state index contributed by atoms with van der Waals surface area (Å²) < 4.78 is 7.87. The predicted molar refractivity (Wildman–Crippen MR) is 111 cm³/mol. The van der Waals surface area contributed by atoms with Crippen molar-refractivity contribution in [2.75, 3.05) is 26.5 Å². The zero-order valence-corrected chi connectivity index (χ0v) is 17.2. The summed E-state index contributed by atoms with van der Waals surface area (Å²) >= 11 is 7.68. The van der Waals surface area contributed by atoms with Gasteiger partial charge in [0, 0.05) is 16.5 Å². The Balaban J connectivity index is 1.76. The van der Waals surface area contributed by atoms with Crippen LogP contribution in [0, 0.1) is 0 Å². The third-order valence-electron chi connectivity index (χ3n) is 4.22. The molecule has 1 atom stereocenters. The van der Waals surface area contributed by atoms with Gasteiger partial charge in [0.05, 0.1) is 12.6 Å². The Bertz CT molecular complexity index is 852. The summed E-state index contributed by atoms with van der Waals surface area (Å²) in [5.74, 6) is 2.55. The molecular formula is C20H23ClN4OS. The fraction of sp³-hybridized carbons (Fsp3) is 0.300. The highest BCUT2D eigenvalue weighted by molar-refractivity contribution is 7.99. The van der Waals surface area contributed by atoms with E-state index in [9.17, 15) is 0 Å². The number of benzene rings is 2. The average molecular weight is 403 g/mol. The largest absolute Gasteiger partial charge is 0.493 e. The van der Waals surface area contributed by atoms with Crippen molar-refractivity contribution in [3.8, 4) is 11.4 Å². The number of ether oxygens (including phenoxy) is 1. The molecule has 3 rings (SSSR count). The number of aromatic nitrogens is 3. The van der Waals surface area contributed by atoms with E-state index in [4.69, 9.17) is 16.3 Å². The first-order valence-corrected chi connectivity index (χ1v) is 10.1. The first-order valence-electron chi connectivity index (χ1n) is 8.74. The van der Waals surface area contributed by atoms with Gasteiger partial charge in [-0.1, -0.05) is 41.6 Å². The molecule has 0 aliphatic rings. The number of hydrogen-bond acceptors (Lipinski definition) is 5. The van der Waals surface area contributed by atoms with Crippen LogP contribution in [0.25, 0.3) is 5.69 Å². The van der Waals surface area contributed by atoms with E-state index in [1.54, 1.807) is 11.8 Å². The lowest BCUT2D eigenvalue weighted by atomic mass is 10.2. The van der Waals surface area contributed by atoms with E-state index in [-0.39, 0.29) is 6.04 Å². The molecule has 0 radical (unpaired) electrons. The quantitative estimate of drug-likeness (QED) is 0.403. The summed E-state index contributed by atoms with van der Waals surface area (Å²) in [5.41, 5.74) is 1.000. The van der Waals surface area contributed by atoms with Crippen molar-refractivity contribution in [1.29, 1.82) is 0 Å². The van der Waals surface area contributed by atoms with Gasteiger partial charge in [0.1, 0.15) is 5.75 Å². The van der Waals surface area contributed by atoms with Gasteiger partial charge in [-0.25, -0.2) is 0 Å². The third kappa shape index (κ3) is 5.03. The molecule has 0 spiro atoms. The Labute approximate surface area is 169 Å². The maximum Gasteiger partial charge on any atom is 0.196 e. The van der Waals surface area contributed by atoms with Gasteiger partial charge < -0.3 is 4.74 Å². The zero-order chi connectivity index (χ0) is 19.2. The summed E-state index contributed by atoms with van der Waals surface area (Å²) in [6, 6.07) is 17.7. The first kappa shape index (κ1) is 19.7. The van der Waals surface area contributed by atoms with Gasteiger partial charge in [0.15, 0.2) is 11.0 Å². The summed E-state index contributed by atoms with van der Waals surface area (Å²) in [7, 11) is 4.07. The first-order chi connectivity index (χ1) is 13.1. The van der Waals surface area contributed by atoms with Crippen LogP contribution in [0.4, 0.5) is 0 Å². The number of thioether (sulfide) groups is 1. The normalized spacial score (nSPS) is 12.3. The molecule has 3 aromatic rings. The van der Waals surface area contributed by atoms with E-state index in [0.29, 0.717) is 11.6 Å². The van der Waals surface area contributed by atoms with Gasteiger partial charge in [-0.2, -0.15) is 0 Å². The zero-order valence-electron chi connectivity index (χ0n) is 15.7. The molecule has 1 heterocycles. The van der Waals surface area contributed by atoms with Gasteiger partial charge in [0.25, 0.3) is 0 Å². The Kier molecular flexibility index (Phi) is 6.77. The van der Waals surface area contributed by atoms with Crippen LogP contribution in [0.3, 0.4) is 0 Å². The van der Waals surface area contributed by atoms with Crippen LogP contribution >= 0.6 is 23.4 Å². The lowest BCUT2D eigenvalue weighted by Crippen LogP contribution is -2.20. The number of para-hydroxylation sites is 1. The molecule has 5 nitrogen and oxygen atoms in total. The minimum Gasteiger partial charge on any atom is -0.493 e. The SMILES string of the molecule is CC(c1nnc(SCCOc2ccccc2)n1-c1ccc(Cl)cc1)N(C)C. The molecule has 27 heavy (non-hydrogen) atoms. The van der Waals surface area contributed by atoms with Crippen molar-refractivity contribution in [2.45, 2.75) is 18.1 Å². The molecule has 2 aromatic carbocycles. The molecule has 0 amide bonds. The molecule has 0 fully saturated rings. The maximum atomic E-state index is 6.06. The fourth-order valence-electron chi connectivity index (χ4n) is 2.52. The number of nitrogens with zero attached hydrogens (tertiary/aromatic N) is 4. The van der Waals surface area contributed by atoms with Crippen LogP contribution in [-0.2, 0) is 0 Å². The summed E-state index contributed by atoms with van der Waals surface area (Å²) in [5, 5.41) is 10.4. The molecule has 0 saturated carbocycles. The van der Waals surface area contributed by atoms with E-state index in [1.165, 1.54) is 0 Å². The lowest BCUT2D eigenvalue weighted by Gasteiger charge is -2.20. The second-order valence-corrected chi connectivity index (χ2v) is 7.80. The molecule has 142 valence electrons. The van der Waals surface area contributed by atoms with E-state index in [2.05, 4.69) is 26.6 Å². The lowest BCUT2D eigenvalue weighted by molar-refractivity contribution is 0.305. The van der Waals surface area contributed by atoms with Crippen LogP contribution in [0.5, 0.6) is 5.75 Å². The smallest absolute Gasteiger partial charge is 0.196 e. The van der Waals surface area contributed by atoms with Crippen molar-refractivity contribution in [2.24, 2.45) is 0 Å². The molecule has 0 bridgehead atoms. The second-order valence-electron chi connectivity index (χ2n) is 6.30. The molecule has 0 aliphatic heterocycles. The van der Waals surface area contributed by atoms with E-state index in [1.807, 2.05) is 68.7 Å². The van der Waals surface area contributed by atoms with Crippen LogP contribution in [-0.4, -0.2) is 46.1 Å². The molecule has 0 aliphatic carbocycles. The Morgan fingerprint density at radius 3 is 2.44 bits per heavy atom. The van der Waals surface area contributed by atoms with E-state index in [0.717, 1.165) is 28.2 Å². The minimum absolute atomic E-state index is 0.128.